The quantitative estimate of drug-likeness (QED) is 0.550. The monoisotopic (exact) mass is 364 g/mol. The molecule has 0 fully saturated rings. The Bertz CT molecular complexity index is 806. The summed E-state index contributed by atoms with van der Waals surface area (Å²) in [5.41, 5.74) is 4.30. The zero-order valence-electron chi connectivity index (χ0n) is 13.8. The van der Waals surface area contributed by atoms with Crippen LogP contribution in [0.2, 0.25) is 5.02 Å². The molecule has 0 radical (unpaired) electrons. The molecule has 1 aromatic heterocycles. The topological polar surface area (TPSA) is 122 Å². The van der Waals surface area contributed by atoms with E-state index < -0.39 is 16.4 Å². The van der Waals surface area contributed by atoms with Crippen LogP contribution in [0.5, 0.6) is 0 Å². The van der Waals surface area contributed by atoms with Crippen LogP contribution in [0.4, 0.5) is 17.3 Å². The summed E-state index contributed by atoms with van der Waals surface area (Å²) in [4.78, 5) is 30.6. The van der Waals surface area contributed by atoms with Crippen molar-refractivity contribution >= 4 is 34.8 Å². The van der Waals surface area contributed by atoms with Crippen LogP contribution in [0, 0.1) is 10.1 Å². The van der Waals surface area contributed by atoms with Crippen molar-refractivity contribution in [2.45, 2.75) is 26.3 Å². The Kier molecular flexibility index (Phi) is 5.38. The Balaban J connectivity index is 2.23. The first-order valence-corrected chi connectivity index (χ1v) is 7.64. The largest absolute Gasteiger partial charge is 0.360 e. The Labute approximate surface area is 148 Å². The van der Waals surface area contributed by atoms with E-state index in [0.717, 1.165) is 6.33 Å². The van der Waals surface area contributed by atoms with Gasteiger partial charge in [0.1, 0.15) is 6.33 Å². The van der Waals surface area contributed by atoms with Gasteiger partial charge in [-0.15, -0.1) is 0 Å². The lowest BCUT2D eigenvalue weighted by molar-refractivity contribution is -0.383. The van der Waals surface area contributed by atoms with Crippen LogP contribution in [0.3, 0.4) is 0 Å². The zero-order chi connectivity index (χ0) is 18.6. The summed E-state index contributed by atoms with van der Waals surface area (Å²) in [5, 5.41) is 14.7. The van der Waals surface area contributed by atoms with Crippen LogP contribution in [0.1, 0.15) is 31.1 Å². The molecule has 0 saturated heterocycles. The van der Waals surface area contributed by atoms with Crippen molar-refractivity contribution in [3.8, 4) is 0 Å². The Morgan fingerprint density at radius 1 is 1.24 bits per heavy atom. The third-order valence-corrected chi connectivity index (χ3v) is 3.11. The number of carbonyl (C=O) groups excluding carboxylic acids is 1. The zero-order valence-corrected chi connectivity index (χ0v) is 14.6. The summed E-state index contributed by atoms with van der Waals surface area (Å²) < 4.78 is 0. The van der Waals surface area contributed by atoms with Crippen molar-refractivity contribution in [1.82, 2.24) is 15.4 Å². The number of halogens is 1. The highest BCUT2D eigenvalue weighted by atomic mass is 35.5. The first kappa shape index (κ1) is 18.4. The van der Waals surface area contributed by atoms with Gasteiger partial charge in [0.15, 0.2) is 0 Å². The van der Waals surface area contributed by atoms with Gasteiger partial charge in [0.05, 0.1) is 4.92 Å². The highest BCUT2D eigenvalue weighted by Crippen LogP contribution is 2.30. The van der Waals surface area contributed by atoms with E-state index in [0.29, 0.717) is 10.6 Å². The number of rotatable bonds is 5. The third kappa shape index (κ3) is 5.01. The lowest BCUT2D eigenvalue weighted by atomic mass is 10.1. The molecule has 2 aromatic rings. The van der Waals surface area contributed by atoms with Gasteiger partial charge in [-0.3, -0.25) is 25.8 Å². The van der Waals surface area contributed by atoms with Gasteiger partial charge in [-0.25, -0.2) is 9.97 Å². The predicted molar refractivity (Wildman–Crippen MR) is 94.6 cm³/mol. The van der Waals surface area contributed by atoms with E-state index in [-0.39, 0.29) is 17.3 Å². The first-order valence-electron chi connectivity index (χ1n) is 7.27. The van der Waals surface area contributed by atoms with E-state index >= 15 is 0 Å². The van der Waals surface area contributed by atoms with E-state index in [4.69, 9.17) is 11.6 Å². The second-order valence-corrected chi connectivity index (χ2v) is 6.58. The minimum Gasteiger partial charge on any atom is -0.360 e. The van der Waals surface area contributed by atoms with Crippen molar-refractivity contribution < 1.29 is 9.72 Å². The molecule has 0 aliphatic heterocycles. The van der Waals surface area contributed by atoms with E-state index in [9.17, 15) is 14.9 Å². The van der Waals surface area contributed by atoms with E-state index in [1.165, 1.54) is 6.07 Å². The minimum atomic E-state index is -0.623. The summed E-state index contributed by atoms with van der Waals surface area (Å²) in [5.74, 6) is -0.602. The molecule has 3 N–H and O–H groups in total. The van der Waals surface area contributed by atoms with Crippen LogP contribution in [0.25, 0.3) is 0 Å². The van der Waals surface area contributed by atoms with Crippen LogP contribution in [0.15, 0.2) is 30.6 Å². The average Bonchev–Trinajstić information content (AvgIpc) is 2.50. The van der Waals surface area contributed by atoms with E-state index in [1.54, 1.807) is 18.2 Å². The number of nitrogens with one attached hydrogen (secondary N) is 3. The van der Waals surface area contributed by atoms with Gasteiger partial charge < -0.3 is 5.32 Å². The maximum Gasteiger partial charge on any atom is 0.354 e. The number of carbonyl (C=O) groups is 1. The maximum absolute atomic E-state index is 12.1. The molecule has 1 amide bonds. The molecule has 2 rings (SSSR count). The Hall–Kier alpha value is -2.94. The van der Waals surface area contributed by atoms with Gasteiger partial charge in [-0.05, 0) is 39.0 Å². The number of hydrazine groups is 1. The molecular weight excluding hydrogens is 348 g/mol. The average molecular weight is 365 g/mol. The molecule has 132 valence electrons. The Morgan fingerprint density at radius 2 is 1.92 bits per heavy atom. The molecule has 1 aromatic carbocycles. The van der Waals surface area contributed by atoms with Gasteiger partial charge >= 0.3 is 5.69 Å². The fourth-order valence-corrected chi connectivity index (χ4v) is 2.10. The van der Waals surface area contributed by atoms with Crippen LogP contribution in [-0.2, 0) is 0 Å². The van der Waals surface area contributed by atoms with Crippen molar-refractivity contribution in [2.24, 2.45) is 0 Å². The fourth-order valence-electron chi connectivity index (χ4n) is 1.91. The normalized spacial score (nSPS) is 10.9. The predicted octanol–water partition coefficient (Wildman–Crippen LogP) is 3.01. The number of aromatic nitrogens is 2. The van der Waals surface area contributed by atoms with Crippen molar-refractivity contribution in [3.05, 3.63) is 51.3 Å². The molecule has 0 aliphatic rings. The van der Waals surface area contributed by atoms with Crippen molar-refractivity contribution in [2.75, 3.05) is 10.7 Å². The van der Waals surface area contributed by atoms with Gasteiger partial charge in [0.2, 0.25) is 11.6 Å². The van der Waals surface area contributed by atoms with Crippen LogP contribution in [-0.4, -0.2) is 26.3 Å². The lowest BCUT2D eigenvalue weighted by Crippen LogP contribution is -2.31. The SMILES string of the molecule is CC(C)(C)Nc1ncnc(NNC(=O)c2cccc(Cl)c2)c1[N+](=O)[O-]. The molecule has 0 saturated carbocycles. The molecule has 0 aliphatic carbocycles. The molecule has 9 nitrogen and oxygen atoms in total. The molecule has 0 unspecified atom stereocenters. The summed E-state index contributed by atoms with van der Waals surface area (Å²) in [6, 6.07) is 6.28. The number of nitro groups is 1. The number of hydrogen-bond acceptors (Lipinski definition) is 7. The number of benzene rings is 1. The molecule has 0 atom stereocenters. The molecule has 25 heavy (non-hydrogen) atoms. The van der Waals surface area contributed by atoms with E-state index in [1.807, 2.05) is 20.8 Å². The number of hydrogen-bond donors (Lipinski definition) is 3. The lowest BCUT2D eigenvalue weighted by Gasteiger charge is -2.21. The molecule has 0 bridgehead atoms. The number of nitrogens with zero attached hydrogens (tertiary/aromatic N) is 3. The molecular formula is C15H17ClN6O3. The van der Waals surface area contributed by atoms with E-state index in [2.05, 4.69) is 26.1 Å². The van der Waals surface area contributed by atoms with Gasteiger partial charge in [0.25, 0.3) is 5.91 Å². The maximum atomic E-state index is 12.1. The number of anilines is 2. The van der Waals surface area contributed by atoms with Gasteiger partial charge in [-0.2, -0.15) is 0 Å². The van der Waals surface area contributed by atoms with Crippen LogP contribution >= 0.6 is 11.6 Å². The highest BCUT2D eigenvalue weighted by Gasteiger charge is 2.26. The summed E-state index contributed by atoms with van der Waals surface area (Å²) >= 11 is 5.84. The second-order valence-electron chi connectivity index (χ2n) is 6.14. The van der Waals surface area contributed by atoms with Crippen molar-refractivity contribution in [1.29, 1.82) is 0 Å². The van der Waals surface area contributed by atoms with Gasteiger partial charge in [0, 0.05) is 16.1 Å². The summed E-state index contributed by atoms with van der Waals surface area (Å²) in [6.07, 6.45) is 1.16. The molecule has 0 spiro atoms. The minimum absolute atomic E-state index is 0.0482. The van der Waals surface area contributed by atoms with Crippen molar-refractivity contribution in [3.63, 3.8) is 0 Å². The highest BCUT2D eigenvalue weighted by molar-refractivity contribution is 6.30. The standard InChI is InChI=1S/C15H17ClN6O3/c1-15(2,3)19-12-11(22(24)25)13(18-8-17-12)20-21-14(23)9-5-4-6-10(16)7-9/h4-8H,1-3H3,(H,21,23)(H2,17,18,19,20). The molecule has 1 heterocycles. The third-order valence-electron chi connectivity index (χ3n) is 2.88. The van der Waals surface area contributed by atoms with Gasteiger partial charge in [-0.1, -0.05) is 17.7 Å². The summed E-state index contributed by atoms with van der Waals surface area (Å²) in [7, 11) is 0. The van der Waals surface area contributed by atoms with Crippen LogP contribution < -0.4 is 16.2 Å². The smallest absolute Gasteiger partial charge is 0.354 e. The Morgan fingerprint density at radius 3 is 2.52 bits per heavy atom. The summed E-state index contributed by atoms with van der Waals surface area (Å²) in [6.45, 7) is 5.52. The first-order chi connectivity index (χ1) is 11.7. The second kappa shape index (κ2) is 7.31. The fraction of sp³-hybridized carbons (Fsp3) is 0.267. The molecule has 10 heteroatoms. The number of amides is 1.